The van der Waals surface area contributed by atoms with Crippen LogP contribution in [-0.4, -0.2) is 30.4 Å². The summed E-state index contributed by atoms with van der Waals surface area (Å²) in [7, 11) is 0. The molecule has 0 saturated heterocycles. The van der Waals surface area contributed by atoms with Crippen LogP contribution in [0.1, 0.15) is 5.56 Å². The fourth-order valence-corrected chi connectivity index (χ4v) is 1.92. The van der Waals surface area contributed by atoms with Crippen LogP contribution < -0.4 is 15.4 Å². The van der Waals surface area contributed by atoms with Gasteiger partial charge < -0.3 is 20.5 Å². The fourth-order valence-electron chi connectivity index (χ4n) is 1.92. The molecule has 134 valence electrons. The van der Waals surface area contributed by atoms with E-state index in [1.807, 2.05) is 0 Å². The van der Waals surface area contributed by atoms with Gasteiger partial charge in [-0.2, -0.15) is 13.2 Å². The van der Waals surface area contributed by atoms with E-state index in [0.717, 1.165) is 12.1 Å². The summed E-state index contributed by atoms with van der Waals surface area (Å²) in [6, 6.07) is 12.6. The Morgan fingerprint density at radius 3 is 2.52 bits per heavy atom. The number of hydrogen-bond donors (Lipinski definition) is 3. The summed E-state index contributed by atoms with van der Waals surface area (Å²) < 4.78 is 42.9. The minimum absolute atomic E-state index is 0.0115. The van der Waals surface area contributed by atoms with Gasteiger partial charge >= 0.3 is 12.2 Å². The number of para-hydroxylation sites is 1. The molecule has 0 bridgehead atoms. The number of carbonyl (C=O) groups excluding carboxylic acids is 1. The molecule has 3 N–H and O–H groups in total. The number of urea groups is 1. The number of alkyl halides is 3. The van der Waals surface area contributed by atoms with Crippen molar-refractivity contribution >= 4 is 11.7 Å². The predicted octanol–water partition coefficient (Wildman–Crippen LogP) is 3.27. The summed E-state index contributed by atoms with van der Waals surface area (Å²) in [4.78, 5) is 11.6. The van der Waals surface area contributed by atoms with Crippen molar-refractivity contribution in [2.45, 2.75) is 12.3 Å². The molecule has 0 aliphatic heterocycles. The van der Waals surface area contributed by atoms with Gasteiger partial charge in [0.1, 0.15) is 18.5 Å². The molecule has 25 heavy (non-hydrogen) atoms. The van der Waals surface area contributed by atoms with E-state index in [-0.39, 0.29) is 18.9 Å². The molecule has 0 aromatic heterocycles. The number of nitrogens with one attached hydrogen (secondary N) is 2. The number of aliphatic hydroxyl groups excluding tert-OH is 1. The Bertz CT molecular complexity index is 693. The zero-order valence-corrected chi connectivity index (χ0v) is 13.1. The van der Waals surface area contributed by atoms with E-state index in [1.165, 1.54) is 12.1 Å². The summed E-state index contributed by atoms with van der Waals surface area (Å²) in [5.74, 6) is -0.0115. The van der Waals surface area contributed by atoms with Gasteiger partial charge in [0, 0.05) is 12.2 Å². The molecule has 2 rings (SSSR count). The maximum Gasteiger partial charge on any atom is 0.416 e. The average Bonchev–Trinajstić information content (AvgIpc) is 2.58. The molecule has 0 fully saturated rings. The molecular weight excluding hydrogens is 337 g/mol. The molecule has 1 unspecified atom stereocenters. The highest BCUT2D eigenvalue weighted by molar-refractivity contribution is 5.89. The van der Waals surface area contributed by atoms with Crippen LogP contribution in [0.25, 0.3) is 0 Å². The van der Waals surface area contributed by atoms with Gasteiger partial charge in [0.05, 0.1) is 5.56 Å². The van der Waals surface area contributed by atoms with Crippen LogP contribution in [0.5, 0.6) is 5.75 Å². The second-order valence-corrected chi connectivity index (χ2v) is 5.19. The van der Waals surface area contributed by atoms with E-state index in [4.69, 9.17) is 4.74 Å². The van der Waals surface area contributed by atoms with Crippen molar-refractivity contribution < 1.29 is 27.8 Å². The number of anilines is 1. The first-order valence-electron chi connectivity index (χ1n) is 7.42. The van der Waals surface area contributed by atoms with Gasteiger partial charge in [0.25, 0.3) is 0 Å². The Morgan fingerprint density at radius 1 is 1.12 bits per heavy atom. The topological polar surface area (TPSA) is 70.6 Å². The standard InChI is InChI=1S/C17H17F3N2O3/c18-17(19,20)12-5-4-8-15(9-12)25-11-14(23)10-21-16(24)22-13-6-2-1-3-7-13/h1-9,14,23H,10-11H2,(H2,21,22,24). The van der Waals surface area contributed by atoms with Crippen molar-refractivity contribution in [3.8, 4) is 5.75 Å². The van der Waals surface area contributed by atoms with Gasteiger partial charge in [-0.05, 0) is 30.3 Å². The third-order valence-corrected chi connectivity index (χ3v) is 3.13. The molecule has 0 saturated carbocycles. The number of rotatable bonds is 6. The first kappa shape index (κ1) is 18.6. The Kier molecular flexibility index (Phi) is 6.24. The lowest BCUT2D eigenvalue weighted by Crippen LogP contribution is -2.37. The molecule has 0 aliphatic carbocycles. The van der Waals surface area contributed by atoms with Crippen molar-refractivity contribution in [3.05, 3.63) is 60.2 Å². The highest BCUT2D eigenvalue weighted by Gasteiger charge is 2.30. The molecule has 5 nitrogen and oxygen atoms in total. The number of benzene rings is 2. The van der Waals surface area contributed by atoms with E-state index >= 15 is 0 Å². The van der Waals surface area contributed by atoms with Crippen molar-refractivity contribution in [1.29, 1.82) is 0 Å². The number of ether oxygens (including phenoxy) is 1. The van der Waals surface area contributed by atoms with Crippen LogP contribution in [0, 0.1) is 0 Å². The predicted molar refractivity (Wildman–Crippen MR) is 86.4 cm³/mol. The maximum absolute atomic E-state index is 12.6. The molecule has 0 spiro atoms. The zero-order valence-electron chi connectivity index (χ0n) is 13.1. The van der Waals surface area contributed by atoms with Crippen molar-refractivity contribution in [2.24, 2.45) is 0 Å². The highest BCUT2D eigenvalue weighted by atomic mass is 19.4. The summed E-state index contributed by atoms with van der Waals surface area (Å²) in [6.45, 7) is -0.370. The smallest absolute Gasteiger partial charge is 0.416 e. The number of carbonyl (C=O) groups is 1. The summed E-state index contributed by atoms with van der Waals surface area (Å²) >= 11 is 0. The third kappa shape index (κ3) is 6.34. The van der Waals surface area contributed by atoms with Crippen LogP contribution in [0.4, 0.5) is 23.7 Å². The SMILES string of the molecule is O=C(NCC(O)COc1cccc(C(F)(F)F)c1)Nc1ccccc1. The van der Waals surface area contributed by atoms with Crippen molar-refractivity contribution in [1.82, 2.24) is 5.32 Å². The molecule has 2 aromatic rings. The molecule has 0 radical (unpaired) electrons. The van der Waals surface area contributed by atoms with Gasteiger partial charge in [0.2, 0.25) is 0 Å². The minimum atomic E-state index is -4.46. The zero-order chi connectivity index (χ0) is 18.3. The molecule has 8 heteroatoms. The van der Waals surface area contributed by atoms with Gasteiger partial charge in [-0.3, -0.25) is 0 Å². The van der Waals surface area contributed by atoms with Crippen LogP contribution in [-0.2, 0) is 6.18 Å². The molecular formula is C17H17F3N2O3. The Hall–Kier alpha value is -2.74. The second-order valence-electron chi connectivity index (χ2n) is 5.19. The monoisotopic (exact) mass is 354 g/mol. The number of amides is 2. The Morgan fingerprint density at radius 2 is 1.84 bits per heavy atom. The molecule has 2 amide bonds. The van der Waals surface area contributed by atoms with E-state index in [2.05, 4.69) is 10.6 Å². The summed E-state index contributed by atoms with van der Waals surface area (Å²) in [5, 5.41) is 14.8. The molecule has 0 aliphatic rings. The van der Waals surface area contributed by atoms with Crippen molar-refractivity contribution in [2.75, 3.05) is 18.5 Å². The Labute approximate surface area is 142 Å². The van der Waals surface area contributed by atoms with Gasteiger partial charge in [0.15, 0.2) is 0 Å². The lowest BCUT2D eigenvalue weighted by molar-refractivity contribution is -0.137. The first-order valence-corrected chi connectivity index (χ1v) is 7.42. The summed E-state index contributed by atoms with van der Waals surface area (Å²) in [5.41, 5.74) is -0.241. The highest BCUT2D eigenvalue weighted by Crippen LogP contribution is 2.31. The van der Waals surface area contributed by atoms with Crippen LogP contribution in [0.3, 0.4) is 0 Å². The lowest BCUT2D eigenvalue weighted by atomic mass is 10.2. The minimum Gasteiger partial charge on any atom is -0.491 e. The largest absolute Gasteiger partial charge is 0.491 e. The third-order valence-electron chi connectivity index (χ3n) is 3.13. The van der Waals surface area contributed by atoms with E-state index < -0.39 is 23.9 Å². The normalized spacial score (nSPS) is 12.3. The van der Waals surface area contributed by atoms with Crippen LogP contribution in [0.15, 0.2) is 54.6 Å². The molecule has 1 atom stereocenters. The number of hydrogen-bond acceptors (Lipinski definition) is 3. The van der Waals surface area contributed by atoms with E-state index in [1.54, 1.807) is 30.3 Å². The van der Waals surface area contributed by atoms with Gasteiger partial charge in [-0.15, -0.1) is 0 Å². The average molecular weight is 354 g/mol. The Balaban J connectivity index is 1.75. The lowest BCUT2D eigenvalue weighted by Gasteiger charge is -2.15. The van der Waals surface area contributed by atoms with Crippen LogP contribution >= 0.6 is 0 Å². The fraction of sp³-hybridized carbons (Fsp3) is 0.235. The molecule has 2 aromatic carbocycles. The molecule has 0 heterocycles. The number of halogens is 3. The van der Waals surface area contributed by atoms with Crippen LogP contribution in [0.2, 0.25) is 0 Å². The van der Waals surface area contributed by atoms with E-state index in [9.17, 15) is 23.1 Å². The van der Waals surface area contributed by atoms with Crippen molar-refractivity contribution in [3.63, 3.8) is 0 Å². The number of aliphatic hydroxyl groups is 1. The van der Waals surface area contributed by atoms with Gasteiger partial charge in [-0.1, -0.05) is 24.3 Å². The maximum atomic E-state index is 12.6. The summed E-state index contributed by atoms with van der Waals surface area (Å²) in [6.07, 6.45) is -5.54. The second kappa shape index (κ2) is 8.39. The van der Waals surface area contributed by atoms with E-state index in [0.29, 0.717) is 5.69 Å². The quantitative estimate of drug-likeness (QED) is 0.746. The van der Waals surface area contributed by atoms with Gasteiger partial charge in [-0.25, -0.2) is 4.79 Å². The first-order chi connectivity index (χ1) is 11.8.